The number of rotatable bonds is 22. The summed E-state index contributed by atoms with van der Waals surface area (Å²) in [6.07, 6.45) is 13.7. The molecular formula is C107H101Cl5N20O. The van der Waals surface area contributed by atoms with Crippen LogP contribution in [0.4, 0.5) is 29.1 Å². The van der Waals surface area contributed by atoms with Gasteiger partial charge >= 0.3 is 0 Å². The molecule has 0 saturated heterocycles. The van der Waals surface area contributed by atoms with Gasteiger partial charge in [-0.1, -0.05) is 321 Å². The third kappa shape index (κ3) is 19.3. The summed E-state index contributed by atoms with van der Waals surface area (Å²) in [5.41, 5.74) is 23.0. The van der Waals surface area contributed by atoms with E-state index < -0.39 is 5.92 Å². The normalized spacial score (nSPS) is 16.0. The van der Waals surface area contributed by atoms with Crippen molar-refractivity contribution in [1.82, 2.24) is 51.0 Å². The van der Waals surface area contributed by atoms with E-state index in [1.54, 1.807) is 6.07 Å². The van der Waals surface area contributed by atoms with E-state index in [1.807, 2.05) is 140 Å². The lowest BCUT2D eigenvalue weighted by Gasteiger charge is -2.27. The number of halogens is 5. The van der Waals surface area contributed by atoms with Crippen molar-refractivity contribution in [3.8, 4) is 22.5 Å². The molecule has 5 unspecified atom stereocenters. The monoisotopic (exact) mass is 1860 g/mol. The van der Waals surface area contributed by atoms with Crippen molar-refractivity contribution in [3.63, 3.8) is 0 Å². The van der Waals surface area contributed by atoms with Crippen molar-refractivity contribution >= 4 is 109 Å². The number of unbranched alkanes of at least 4 members (excludes halogenated alkanes) is 1. The van der Waals surface area contributed by atoms with Gasteiger partial charge in [0.1, 0.15) is 5.82 Å². The van der Waals surface area contributed by atoms with Gasteiger partial charge in [0.15, 0.2) is 51.8 Å². The van der Waals surface area contributed by atoms with Gasteiger partial charge in [-0.15, -0.1) is 0 Å². The number of H-pyrrole nitrogens is 6. The molecule has 26 heteroatoms. The van der Waals surface area contributed by atoms with Gasteiger partial charge in [0.2, 0.25) is 0 Å². The van der Waals surface area contributed by atoms with E-state index >= 15 is 0 Å². The van der Waals surface area contributed by atoms with Crippen LogP contribution in [-0.4, -0.2) is 51.0 Å². The largest absolute Gasteiger partial charge is 0.354 e. The van der Waals surface area contributed by atoms with Crippen LogP contribution in [0.15, 0.2) is 268 Å². The molecule has 5 aliphatic heterocycles. The fourth-order valence-corrected chi connectivity index (χ4v) is 19.7. The molecule has 670 valence electrons. The standard InChI is InChI=1S/2C26H21ClN4.C20H23ClN4.C19H21ClN4.C16H15ClN4O/c1-3-9-21-25(28-2)22(19-13-6-7-15-20(19)27)23-24(30-31-26(23)29-21)18-14-8-11-16-10-4-5-12-17(16)18;1-3-8-21-25(28-2)22(19-11-6-7-12-20(19)27)23-24(30-31-26(23)29-21)18-14-13-16-9-4-5-10-17(16)15-18;1-4-6-12-15-18-17(13-10-7-8-11-14(13)21)19(22-3)16(9-5-2)23-20(18)25-24-15;1-4-8-14-17-16(12-10-6-7-11-13(12)20)18(21-3)15(9-5-2)22-19(17)24-23-14;1-3-6-11-14(18-2)12(9-7-4-5-8-10(9)17)13-15(19-11)20-21-16(13)22/h4-8,10-15,22H,3,9H2,1H3,(H2,29,30,31);4-7,9-15,22H,3,8H2,1H3,(H2,29,30,31);7-8,10-11,17H,4-6,9,12H2,1-2H3,(H2,23,24,25);6-7,10-11,16H,4-5,8-9H2,1-2H3,(H2,22,23,24);4-5,7-8,12H,3,6H2,1H3,(H3,19,20,21,22). The molecule has 0 bridgehead atoms. The van der Waals surface area contributed by atoms with Gasteiger partial charge in [0.05, 0.1) is 79.4 Å². The maximum Gasteiger partial charge on any atom is 0.268 e. The summed E-state index contributed by atoms with van der Waals surface area (Å²) in [6.45, 7) is 54.0. The maximum absolute atomic E-state index is 12.2. The Morgan fingerprint density at radius 3 is 1.05 bits per heavy atom. The lowest BCUT2D eigenvalue weighted by atomic mass is 9.83. The number of aromatic nitrogens is 10. The lowest BCUT2D eigenvalue weighted by Crippen LogP contribution is -2.22. The minimum absolute atomic E-state index is 0.158. The van der Waals surface area contributed by atoms with Crippen molar-refractivity contribution in [1.29, 1.82) is 0 Å². The summed E-state index contributed by atoms with van der Waals surface area (Å²) in [7, 11) is 0. The average molecular weight is 1860 g/mol. The van der Waals surface area contributed by atoms with Gasteiger partial charge in [0.25, 0.3) is 5.56 Å². The zero-order chi connectivity index (χ0) is 93.3. The van der Waals surface area contributed by atoms with Crippen LogP contribution in [0.2, 0.25) is 25.1 Å². The van der Waals surface area contributed by atoms with Crippen molar-refractivity contribution in [3.05, 3.63) is 423 Å². The van der Waals surface area contributed by atoms with Gasteiger partial charge in [-0.2, -0.15) is 20.4 Å². The molecule has 0 aliphatic carbocycles. The summed E-state index contributed by atoms with van der Waals surface area (Å²) in [6, 6.07) is 67.8. The molecule has 0 amide bonds. The van der Waals surface area contributed by atoms with Crippen LogP contribution in [0.5, 0.6) is 0 Å². The third-order valence-corrected chi connectivity index (χ3v) is 26.2. The molecule has 11 N–H and O–H groups in total. The van der Waals surface area contributed by atoms with Crippen molar-refractivity contribution in [2.75, 3.05) is 26.6 Å². The topological polar surface area (TPSA) is 245 Å². The molecule has 5 aliphatic rings. The second-order valence-electron chi connectivity index (χ2n) is 33.0. The highest BCUT2D eigenvalue weighted by Crippen LogP contribution is 2.54. The van der Waals surface area contributed by atoms with E-state index in [9.17, 15) is 4.79 Å². The van der Waals surface area contributed by atoms with Crippen LogP contribution in [0.3, 0.4) is 0 Å². The van der Waals surface area contributed by atoms with Gasteiger partial charge in [-0.25, -0.2) is 24.2 Å². The van der Waals surface area contributed by atoms with Crippen LogP contribution >= 0.6 is 58.0 Å². The summed E-state index contributed by atoms with van der Waals surface area (Å²) < 4.78 is 0. The number of nitrogens with one attached hydrogen (secondary N) is 11. The van der Waals surface area contributed by atoms with Crippen molar-refractivity contribution in [2.45, 2.75) is 174 Å². The average Bonchev–Trinajstić information content (AvgIpc) is 1.65. The second-order valence-corrected chi connectivity index (χ2v) is 35.0. The van der Waals surface area contributed by atoms with E-state index in [4.69, 9.17) is 90.9 Å². The molecule has 21 nitrogen and oxygen atoms in total. The first-order valence-electron chi connectivity index (χ1n) is 45.2. The minimum Gasteiger partial charge on any atom is -0.354 e. The first-order chi connectivity index (χ1) is 65.0. The Bertz CT molecular complexity index is 7120. The number of nitrogens with zero attached hydrogens (tertiary/aromatic N) is 9. The first-order valence-corrected chi connectivity index (χ1v) is 47.1. The van der Waals surface area contributed by atoms with E-state index in [2.05, 4.69) is 211 Å². The van der Waals surface area contributed by atoms with Crippen molar-refractivity contribution in [2.24, 2.45) is 0 Å². The number of aromatic amines is 6. The third-order valence-electron chi connectivity index (χ3n) is 24.5. The van der Waals surface area contributed by atoms with Gasteiger partial charge in [-0.05, 0) is 137 Å². The molecule has 0 fully saturated rings. The molecule has 0 saturated carbocycles. The van der Waals surface area contributed by atoms with E-state index in [1.165, 1.54) is 5.39 Å². The molecule has 19 rings (SSSR count). The predicted molar refractivity (Wildman–Crippen MR) is 542 cm³/mol. The Morgan fingerprint density at radius 2 is 0.639 bits per heavy atom. The second kappa shape index (κ2) is 43.3. The van der Waals surface area contributed by atoms with Gasteiger partial charge in [-0.3, -0.25) is 35.4 Å². The molecular weight excluding hydrogens is 1760 g/mol. The van der Waals surface area contributed by atoms with E-state index in [-0.39, 0.29) is 29.2 Å². The number of hydrogen-bond donors (Lipinski definition) is 11. The number of hydrogen-bond acceptors (Lipinski definition) is 10. The fourth-order valence-electron chi connectivity index (χ4n) is 18.5. The van der Waals surface area contributed by atoms with Crippen LogP contribution < -0.4 is 32.1 Å². The van der Waals surface area contributed by atoms with Crippen LogP contribution in [0.1, 0.15) is 229 Å². The molecule has 9 aromatic carbocycles. The van der Waals surface area contributed by atoms with Crippen molar-refractivity contribution < 1.29 is 0 Å². The molecule has 5 atom stereocenters. The highest BCUT2D eigenvalue weighted by molar-refractivity contribution is 6.33. The predicted octanol–water partition coefficient (Wildman–Crippen LogP) is 30.0. The Hall–Kier alpha value is -14.1. The summed E-state index contributed by atoms with van der Waals surface area (Å²) in [5, 5.41) is 61.2. The highest BCUT2D eigenvalue weighted by Gasteiger charge is 2.42. The van der Waals surface area contributed by atoms with E-state index in [0.29, 0.717) is 53.6 Å². The van der Waals surface area contributed by atoms with Crippen LogP contribution in [0, 0.1) is 32.9 Å². The fraction of sp³-hybridized carbons (Fsp3) is 0.252. The molecule has 14 aromatic rings. The Morgan fingerprint density at radius 1 is 0.308 bits per heavy atom. The first kappa shape index (κ1) is 93.6. The molecule has 133 heavy (non-hydrogen) atoms. The van der Waals surface area contributed by atoms with Crippen LogP contribution in [-0.2, 0) is 12.8 Å². The van der Waals surface area contributed by atoms with Gasteiger partial charge in [0, 0.05) is 98.4 Å². The van der Waals surface area contributed by atoms with Crippen LogP contribution in [0.25, 0.3) is 68.3 Å². The number of allylic oxidation sites excluding steroid dienone is 10. The zero-order valence-corrected chi connectivity index (χ0v) is 78.7. The lowest BCUT2D eigenvalue weighted by molar-refractivity contribution is 0.758. The van der Waals surface area contributed by atoms with Gasteiger partial charge < -0.3 is 26.6 Å². The minimum atomic E-state index is -0.445. The Kier molecular flexibility index (Phi) is 30.5. The molecule has 0 radical (unpaired) electrons. The Labute approximate surface area is 800 Å². The van der Waals surface area contributed by atoms with E-state index in [0.717, 1.165) is 260 Å². The number of anilines is 5. The number of benzene rings is 9. The zero-order valence-electron chi connectivity index (χ0n) is 74.9. The quantitative estimate of drug-likeness (QED) is 0.0287. The SMILES string of the molecule is [C-]#[N+]C1=C(CCC)Nc2[nH][nH]c(=O)c2C1c1ccccc1Cl.[C-]#[N+]C1=C(CCC)Nc2n[nH]c(-c3ccc4ccccc4c3)c2C1c1ccccc1Cl.[C-]#[N+]C1=C(CCC)Nc2n[nH]c(-c3cccc4ccccc34)c2C1c1ccccc1Cl.[C-]#[N+]C1=C(CCC)Nc2n[nH]c(CCC)c2C1c1ccccc1Cl.[C-]#[N+]C1=C(CCC)Nc2n[nH]c(CCCC)c2C1c1ccccc1Cl. The molecule has 5 aromatic heterocycles. The Balaban J connectivity index is 0.000000128. The smallest absolute Gasteiger partial charge is 0.268 e. The summed E-state index contributed by atoms with van der Waals surface area (Å²) >= 11 is 32.6. The molecule has 0 spiro atoms. The number of fused-ring (bicyclic) bond motifs is 7. The highest BCUT2D eigenvalue weighted by atomic mass is 35.5. The maximum atomic E-state index is 12.2. The summed E-state index contributed by atoms with van der Waals surface area (Å²) in [5.74, 6) is 2.51. The molecule has 10 heterocycles. The number of aryl methyl sites for hydroxylation is 2. The summed E-state index contributed by atoms with van der Waals surface area (Å²) in [4.78, 5) is 31.7.